The summed E-state index contributed by atoms with van der Waals surface area (Å²) in [6.45, 7) is 3.37. The highest BCUT2D eigenvalue weighted by atomic mass is 35.5. The van der Waals surface area contributed by atoms with Gasteiger partial charge in [0.2, 0.25) is 10.0 Å². The van der Waals surface area contributed by atoms with Gasteiger partial charge in [-0.3, -0.25) is 0 Å². The molecule has 0 unspecified atom stereocenters. The SMILES string of the molecule is CCCc1ccc(S(=O)(=O)NCCCNC)cc1.Cl. The molecule has 19 heavy (non-hydrogen) atoms. The Morgan fingerprint density at radius 3 is 2.26 bits per heavy atom. The maximum absolute atomic E-state index is 11.9. The van der Waals surface area contributed by atoms with Crippen LogP contribution in [0.5, 0.6) is 0 Å². The van der Waals surface area contributed by atoms with Crippen molar-refractivity contribution >= 4 is 22.4 Å². The maximum atomic E-state index is 11.9. The Hall–Kier alpha value is -0.620. The molecule has 1 aromatic carbocycles. The number of hydrogen-bond donors (Lipinski definition) is 2. The Morgan fingerprint density at radius 2 is 1.74 bits per heavy atom. The monoisotopic (exact) mass is 306 g/mol. The first-order valence-corrected chi connectivity index (χ1v) is 7.81. The summed E-state index contributed by atoms with van der Waals surface area (Å²) in [6.07, 6.45) is 2.83. The zero-order valence-electron chi connectivity index (χ0n) is 11.5. The lowest BCUT2D eigenvalue weighted by Crippen LogP contribution is -2.26. The van der Waals surface area contributed by atoms with Crippen molar-refractivity contribution in [2.75, 3.05) is 20.1 Å². The standard InChI is InChI=1S/C13H22N2O2S.ClH/c1-3-5-12-6-8-13(9-7-12)18(16,17)15-11-4-10-14-2;/h6-9,14-15H,3-5,10-11H2,1-2H3;1H. The van der Waals surface area contributed by atoms with Crippen LogP contribution in [0.15, 0.2) is 29.2 Å². The molecule has 0 aliphatic carbocycles. The summed E-state index contributed by atoms with van der Waals surface area (Å²) in [5.41, 5.74) is 1.17. The fraction of sp³-hybridized carbons (Fsp3) is 0.538. The van der Waals surface area contributed by atoms with Gasteiger partial charge in [0.25, 0.3) is 0 Å². The maximum Gasteiger partial charge on any atom is 0.240 e. The van der Waals surface area contributed by atoms with Crippen molar-refractivity contribution in [2.45, 2.75) is 31.1 Å². The van der Waals surface area contributed by atoms with E-state index in [1.165, 1.54) is 5.56 Å². The number of rotatable bonds is 8. The number of sulfonamides is 1. The van der Waals surface area contributed by atoms with Crippen molar-refractivity contribution in [1.29, 1.82) is 0 Å². The molecule has 6 heteroatoms. The third kappa shape index (κ3) is 6.38. The van der Waals surface area contributed by atoms with E-state index in [0.717, 1.165) is 25.8 Å². The van der Waals surface area contributed by atoms with E-state index in [4.69, 9.17) is 0 Å². The average molecular weight is 307 g/mol. The van der Waals surface area contributed by atoms with Crippen LogP contribution in [-0.2, 0) is 16.4 Å². The van der Waals surface area contributed by atoms with Gasteiger partial charge in [-0.05, 0) is 44.1 Å². The lowest BCUT2D eigenvalue weighted by molar-refractivity contribution is 0.577. The van der Waals surface area contributed by atoms with E-state index in [0.29, 0.717) is 11.4 Å². The molecule has 0 aliphatic rings. The van der Waals surface area contributed by atoms with Crippen LogP contribution >= 0.6 is 12.4 Å². The Balaban J connectivity index is 0.00000324. The summed E-state index contributed by atoms with van der Waals surface area (Å²) in [5, 5.41) is 2.98. The molecular formula is C13H23ClN2O2S. The summed E-state index contributed by atoms with van der Waals surface area (Å²) < 4.78 is 26.5. The quantitative estimate of drug-likeness (QED) is 0.722. The molecule has 4 nitrogen and oxygen atoms in total. The van der Waals surface area contributed by atoms with Gasteiger partial charge in [0.05, 0.1) is 4.90 Å². The van der Waals surface area contributed by atoms with Gasteiger partial charge in [-0.2, -0.15) is 0 Å². The van der Waals surface area contributed by atoms with E-state index in [-0.39, 0.29) is 12.4 Å². The Kier molecular flexibility index (Phi) is 9.01. The van der Waals surface area contributed by atoms with E-state index in [2.05, 4.69) is 17.0 Å². The molecule has 0 fully saturated rings. The minimum Gasteiger partial charge on any atom is -0.320 e. The van der Waals surface area contributed by atoms with Gasteiger partial charge in [0, 0.05) is 6.54 Å². The normalized spacial score (nSPS) is 11.1. The van der Waals surface area contributed by atoms with E-state index in [9.17, 15) is 8.42 Å². The predicted molar refractivity (Wildman–Crippen MR) is 81.4 cm³/mol. The third-order valence-corrected chi connectivity index (χ3v) is 4.14. The van der Waals surface area contributed by atoms with Crippen LogP contribution in [0, 0.1) is 0 Å². The second kappa shape index (κ2) is 9.31. The van der Waals surface area contributed by atoms with E-state index >= 15 is 0 Å². The molecule has 0 bridgehead atoms. The molecule has 2 N–H and O–H groups in total. The molecule has 0 spiro atoms. The predicted octanol–water partition coefficient (Wildman–Crippen LogP) is 1.95. The first kappa shape index (κ1) is 18.4. The first-order valence-electron chi connectivity index (χ1n) is 6.33. The average Bonchev–Trinajstić information content (AvgIpc) is 2.36. The molecule has 110 valence electrons. The highest BCUT2D eigenvalue weighted by molar-refractivity contribution is 7.89. The Morgan fingerprint density at radius 1 is 1.11 bits per heavy atom. The topological polar surface area (TPSA) is 58.2 Å². The number of aryl methyl sites for hydroxylation is 1. The summed E-state index contributed by atoms with van der Waals surface area (Å²) in [7, 11) is -1.50. The molecule has 0 aliphatic heterocycles. The zero-order valence-corrected chi connectivity index (χ0v) is 13.1. The van der Waals surface area contributed by atoms with Crippen molar-refractivity contribution < 1.29 is 8.42 Å². The molecule has 0 atom stereocenters. The molecule has 0 saturated heterocycles. The number of nitrogens with one attached hydrogen (secondary N) is 2. The summed E-state index contributed by atoms with van der Waals surface area (Å²) in [5.74, 6) is 0. The molecule has 0 radical (unpaired) electrons. The van der Waals surface area contributed by atoms with Crippen LogP contribution in [0.2, 0.25) is 0 Å². The summed E-state index contributed by atoms with van der Waals surface area (Å²) >= 11 is 0. The number of benzene rings is 1. The van der Waals surface area contributed by atoms with Crippen LogP contribution in [-0.4, -0.2) is 28.6 Å². The zero-order chi connectivity index (χ0) is 13.4. The highest BCUT2D eigenvalue weighted by Gasteiger charge is 2.12. The van der Waals surface area contributed by atoms with Gasteiger partial charge < -0.3 is 5.32 Å². The summed E-state index contributed by atoms with van der Waals surface area (Å²) in [4.78, 5) is 0.340. The smallest absolute Gasteiger partial charge is 0.240 e. The van der Waals surface area contributed by atoms with Crippen molar-refractivity contribution in [3.8, 4) is 0 Å². The summed E-state index contributed by atoms with van der Waals surface area (Å²) in [6, 6.07) is 7.11. The molecule has 0 saturated carbocycles. The van der Waals surface area contributed by atoms with E-state index in [1.807, 2.05) is 19.2 Å². The molecule has 0 amide bonds. The second-order valence-corrected chi connectivity index (χ2v) is 6.02. The van der Waals surface area contributed by atoms with Crippen molar-refractivity contribution in [3.05, 3.63) is 29.8 Å². The van der Waals surface area contributed by atoms with Gasteiger partial charge in [0.1, 0.15) is 0 Å². The van der Waals surface area contributed by atoms with Crippen LogP contribution in [0.3, 0.4) is 0 Å². The Labute approximate surface area is 122 Å². The van der Waals surface area contributed by atoms with E-state index in [1.54, 1.807) is 12.1 Å². The van der Waals surface area contributed by atoms with Gasteiger partial charge >= 0.3 is 0 Å². The first-order chi connectivity index (χ1) is 8.60. The van der Waals surface area contributed by atoms with Crippen molar-refractivity contribution in [3.63, 3.8) is 0 Å². The molecular weight excluding hydrogens is 284 g/mol. The molecule has 1 aromatic rings. The van der Waals surface area contributed by atoms with Crippen LogP contribution in [0.25, 0.3) is 0 Å². The van der Waals surface area contributed by atoms with Gasteiger partial charge in [-0.1, -0.05) is 25.5 Å². The Bertz CT molecular complexity index is 446. The third-order valence-electron chi connectivity index (χ3n) is 2.67. The van der Waals surface area contributed by atoms with Crippen molar-refractivity contribution in [1.82, 2.24) is 10.0 Å². The fourth-order valence-corrected chi connectivity index (χ4v) is 2.75. The highest BCUT2D eigenvalue weighted by Crippen LogP contribution is 2.11. The van der Waals surface area contributed by atoms with E-state index < -0.39 is 10.0 Å². The van der Waals surface area contributed by atoms with Gasteiger partial charge in [-0.15, -0.1) is 12.4 Å². The lowest BCUT2D eigenvalue weighted by atomic mass is 10.1. The van der Waals surface area contributed by atoms with Crippen molar-refractivity contribution in [2.24, 2.45) is 0 Å². The lowest BCUT2D eigenvalue weighted by Gasteiger charge is -2.07. The van der Waals surface area contributed by atoms with Crippen LogP contribution < -0.4 is 10.0 Å². The van der Waals surface area contributed by atoms with Crippen LogP contribution in [0.1, 0.15) is 25.3 Å². The second-order valence-electron chi connectivity index (χ2n) is 4.25. The largest absolute Gasteiger partial charge is 0.320 e. The van der Waals surface area contributed by atoms with Gasteiger partial charge in [-0.25, -0.2) is 13.1 Å². The van der Waals surface area contributed by atoms with Crippen LogP contribution in [0.4, 0.5) is 0 Å². The number of hydrogen-bond acceptors (Lipinski definition) is 3. The minimum absolute atomic E-state index is 0. The molecule has 1 rings (SSSR count). The van der Waals surface area contributed by atoms with Gasteiger partial charge in [0.15, 0.2) is 0 Å². The number of halogens is 1. The fourth-order valence-electron chi connectivity index (χ4n) is 1.68. The molecule has 0 heterocycles. The molecule has 0 aromatic heterocycles. The minimum atomic E-state index is -3.35.